The summed E-state index contributed by atoms with van der Waals surface area (Å²) < 4.78 is 0. The predicted molar refractivity (Wildman–Crippen MR) is 134 cm³/mol. The molecule has 0 amide bonds. The summed E-state index contributed by atoms with van der Waals surface area (Å²) in [6, 6.07) is 9.49. The van der Waals surface area contributed by atoms with Crippen molar-refractivity contribution in [3.8, 4) is 11.3 Å². The number of rotatable bonds is 7. The molecule has 1 saturated carbocycles. The van der Waals surface area contributed by atoms with Gasteiger partial charge < -0.3 is 21.8 Å². The first-order chi connectivity index (χ1) is 16.5. The molecule has 1 aromatic carbocycles. The number of aromatic nitrogens is 3. The Morgan fingerprint density at radius 2 is 1.94 bits per heavy atom. The van der Waals surface area contributed by atoms with Crippen LogP contribution in [0, 0.1) is 0 Å². The van der Waals surface area contributed by atoms with Gasteiger partial charge in [-0.25, -0.2) is 9.97 Å². The second kappa shape index (κ2) is 10.4. The lowest BCUT2D eigenvalue weighted by Gasteiger charge is -2.21. The fourth-order valence-electron chi connectivity index (χ4n) is 4.40. The standard InChI is InChI=1S/C26H30N6O2/c1-29-13-16-7-9-18(10-8-16)21(27)12-23(33)24-25(28)30-15-22(32-24)19-11-20(26(34)31-14-19)17-5-3-2-4-6-17/h7-12,14-15,17,29H,2-6,13,27H2,1H3,(H2,28,30)(H,31,34)/b21-12-. The van der Waals surface area contributed by atoms with Crippen molar-refractivity contribution in [1.29, 1.82) is 0 Å². The normalized spacial score (nSPS) is 14.8. The zero-order chi connectivity index (χ0) is 24.1. The van der Waals surface area contributed by atoms with Crippen molar-refractivity contribution >= 4 is 17.3 Å². The number of hydrogen-bond acceptors (Lipinski definition) is 7. The van der Waals surface area contributed by atoms with Gasteiger partial charge in [-0.1, -0.05) is 43.5 Å². The molecule has 6 N–H and O–H groups in total. The number of benzene rings is 1. The third-order valence-corrected chi connectivity index (χ3v) is 6.26. The van der Waals surface area contributed by atoms with Gasteiger partial charge in [0.2, 0.25) is 5.78 Å². The number of carbonyl (C=O) groups excluding carboxylic acids is 1. The fraction of sp³-hybridized carbons (Fsp3) is 0.308. The van der Waals surface area contributed by atoms with Crippen LogP contribution in [0.3, 0.4) is 0 Å². The number of H-pyrrole nitrogens is 1. The van der Waals surface area contributed by atoms with Crippen molar-refractivity contribution in [2.75, 3.05) is 12.8 Å². The van der Waals surface area contributed by atoms with Crippen molar-refractivity contribution in [3.63, 3.8) is 0 Å². The summed E-state index contributed by atoms with van der Waals surface area (Å²) in [4.78, 5) is 36.9. The molecule has 0 saturated heterocycles. The number of nitrogens with two attached hydrogens (primary N) is 2. The Morgan fingerprint density at radius 3 is 2.65 bits per heavy atom. The van der Waals surface area contributed by atoms with Crippen LogP contribution in [-0.4, -0.2) is 27.8 Å². The summed E-state index contributed by atoms with van der Waals surface area (Å²) in [6.07, 6.45) is 9.89. The highest BCUT2D eigenvalue weighted by molar-refractivity contribution is 6.09. The summed E-state index contributed by atoms with van der Waals surface area (Å²) >= 11 is 0. The van der Waals surface area contributed by atoms with E-state index in [0.29, 0.717) is 17.0 Å². The Labute approximate surface area is 198 Å². The number of ketones is 1. The maximum Gasteiger partial charge on any atom is 0.251 e. The third kappa shape index (κ3) is 5.23. The zero-order valence-electron chi connectivity index (χ0n) is 19.3. The molecular weight excluding hydrogens is 428 g/mol. The average molecular weight is 459 g/mol. The molecule has 1 fully saturated rings. The van der Waals surface area contributed by atoms with Gasteiger partial charge >= 0.3 is 0 Å². The first-order valence-electron chi connectivity index (χ1n) is 11.6. The van der Waals surface area contributed by atoms with Crippen LogP contribution in [0.15, 0.2) is 53.6 Å². The maximum atomic E-state index is 13.0. The quantitative estimate of drug-likeness (QED) is 0.314. The molecule has 0 aliphatic heterocycles. The molecule has 0 bridgehead atoms. The van der Waals surface area contributed by atoms with E-state index in [-0.39, 0.29) is 23.0 Å². The minimum Gasteiger partial charge on any atom is -0.398 e. The molecule has 0 spiro atoms. The van der Waals surface area contributed by atoms with Crippen molar-refractivity contribution in [2.45, 2.75) is 44.6 Å². The SMILES string of the molecule is CNCc1ccc(/C(N)=C/C(=O)c2nc(-c3c[nH]c(=O)c(C4CCCCC4)c3)cnc2N)cc1. The monoisotopic (exact) mass is 458 g/mol. The first-order valence-corrected chi connectivity index (χ1v) is 11.6. The lowest BCUT2D eigenvalue weighted by atomic mass is 9.84. The minimum absolute atomic E-state index is 0.0256. The summed E-state index contributed by atoms with van der Waals surface area (Å²) in [5.74, 6) is -0.165. The molecule has 1 aliphatic carbocycles. The van der Waals surface area contributed by atoms with Crippen LogP contribution in [0.4, 0.5) is 5.82 Å². The van der Waals surface area contributed by atoms with Crippen molar-refractivity contribution in [3.05, 3.63) is 81.5 Å². The number of allylic oxidation sites excluding steroid dienone is 1. The van der Waals surface area contributed by atoms with Gasteiger partial charge in [0.1, 0.15) is 0 Å². The van der Waals surface area contributed by atoms with E-state index in [1.807, 2.05) is 37.4 Å². The molecule has 0 atom stereocenters. The molecule has 3 aromatic rings. The highest BCUT2D eigenvalue weighted by Crippen LogP contribution is 2.32. The summed E-state index contributed by atoms with van der Waals surface area (Å²) in [5.41, 5.74) is 16.2. The van der Waals surface area contributed by atoms with Gasteiger partial charge in [-0.2, -0.15) is 0 Å². The number of carbonyl (C=O) groups is 1. The summed E-state index contributed by atoms with van der Waals surface area (Å²) in [5, 5.41) is 3.09. The minimum atomic E-state index is -0.430. The molecule has 176 valence electrons. The van der Waals surface area contributed by atoms with E-state index < -0.39 is 5.78 Å². The van der Waals surface area contributed by atoms with Crippen LogP contribution in [0.25, 0.3) is 17.0 Å². The smallest absolute Gasteiger partial charge is 0.251 e. The maximum absolute atomic E-state index is 13.0. The van der Waals surface area contributed by atoms with Crippen molar-refractivity contribution in [1.82, 2.24) is 20.3 Å². The third-order valence-electron chi connectivity index (χ3n) is 6.26. The molecule has 1 aliphatic rings. The van der Waals surface area contributed by atoms with Crippen molar-refractivity contribution < 1.29 is 4.79 Å². The average Bonchev–Trinajstić information content (AvgIpc) is 2.86. The van der Waals surface area contributed by atoms with Gasteiger partial charge in [0.15, 0.2) is 11.5 Å². The zero-order valence-corrected chi connectivity index (χ0v) is 19.3. The van der Waals surface area contributed by atoms with Crippen LogP contribution in [0.1, 0.15) is 65.2 Å². The van der Waals surface area contributed by atoms with Gasteiger partial charge in [-0.15, -0.1) is 0 Å². The van der Waals surface area contributed by atoms with E-state index in [2.05, 4.69) is 20.3 Å². The molecule has 8 nitrogen and oxygen atoms in total. The fourth-order valence-corrected chi connectivity index (χ4v) is 4.40. The van der Waals surface area contributed by atoms with Gasteiger partial charge in [0, 0.05) is 35.6 Å². The van der Waals surface area contributed by atoms with Gasteiger partial charge in [-0.3, -0.25) is 9.59 Å². The number of anilines is 1. The molecular formula is C26H30N6O2. The predicted octanol–water partition coefficient (Wildman–Crippen LogP) is 3.36. The number of nitrogen functional groups attached to an aromatic ring is 1. The van der Waals surface area contributed by atoms with E-state index >= 15 is 0 Å². The highest BCUT2D eigenvalue weighted by Gasteiger charge is 2.20. The van der Waals surface area contributed by atoms with Gasteiger partial charge in [-0.05, 0) is 43.0 Å². The number of hydrogen-bond donors (Lipinski definition) is 4. The van der Waals surface area contributed by atoms with Crippen LogP contribution in [0.2, 0.25) is 0 Å². The number of aromatic amines is 1. The van der Waals surface area contributed by atoms with Crippen LogP contribution in [-0.2, 0) is 6.54 Å². The molecule has 8 heteroatoms. The van der Waals surface area contributed by atoms with Gasteiger partial charge in [0.05, 0.1) is 11.9 Å². The van der Waals surface area contributed by atoms with Crippen LogP contribution >= 0.6 is 0 Å². The van der Waals surface area contributed by atoms with Crippen molar-refractivity contribution in [2.24, 2.45) is 5.73 Å². The number of nitrogens with zero attached hydrogens (tertiary/aromatic N) is 2. The Hall–Kier alpha value is -3.78. The van der Waals surface area contributed by atoms with Crippen LogP contribution in [0.5, 0.6) is 0 Å². The largest absolute Gasteiger partial charge is 0.398 e. The highest BCUT2D eigenvalue weighted by atomic mass is 16.1. The van der Waals surface area contributed by atoms with Crippen LogP contribution < -0.4 is 22.3 Å². The molecule has 4 rings (SSSR count). The van der Waals surface area contributed by atoms with E-state index in [4.69, 9.17) is 11.5 Å². The Balaban J connectivity index is 1.61. The topological polar surface area (TPSA) is 140 Å². The second-order valence-corrected chi connectivity index (χ2v) is 8.69. The number of nitrogens with one attached hydrogen (secondary N) is 2. The van der Waals surface area contributed by atoms with Gasteiger partial charge in [0.25, 0.3) is 5.56 Å². The summed E-state index contributed by atoms with van der Waals surface area (Å²) in [7, 11) is 1.88. The lowest BCUT2D eigenvalue weighted by Crippen LogP contribution is -2.18. The van der Waals surface area contributed by atoms with E-state index in [0.717, 1.165) is 48.9 Å². The Morgan fingerprint density at radius 1 is 1.21 bits per heavy atom. The molecule has 0 radical (unpaired) electrons. The van der Waals surface area contributed by atoms with E-state index in [1.54, 1.807) is 6.20 Å². The van der Waals surface area contributed by atoms with E-state index in [1.165, 1.54) is 18.7 Å². The summed E-state index contributed by atoms with van der Waals surface area (Å²) in [6.45, 7) is 0.745. The Bertz CT molecular complexity index is 1260. The molecule has 0 unspecified atom stereocenters. The molecule has 2 aromatic heterocycles. The first kappa shape index (κ1) is 23.4. The lowest BCUT2D eigenvalue weighted by molar-refractivity contribution is 0.104. The van der Waals surface area contributed by atoms with E-state index in [9.17, 15) is 9.59 Å². The second-order valence-electron chi connectivity index (χ2n) is 8.69. The Kier molecular flexibility index (Phi) is 7.18. The molecule has 34 heavy (non-hydrogen) atoms. The molecule has 2 heterocycles. The number of pyridine rings is 1.